The highest BCUT2D eigenvalue weighted by Gasteiger charge is 2.82. The van der Waals surface area contributed by atoms with Gasteiger partial charge < -0.3 is 0 Å². The van der Waals surface area contributed by atoms with Crippen LogP contribution in [-0.4, -0.2) is 18.0 Å². The van der Waals surface area contributed by atoms with Gasteiger partial charge >= 0.3 is 0 Å². The highest BCUT2D eigenvalue weighted by molar-refractivity contribution is 9.26. The third kappa shape index (κ3) is 3.42. The summed E-state index contributed by atoms with van der Waals surface area (Å²) in [6.45, 7) is 0. The summed E-state index contributed by atoms with van der Waals surface area (Å²) in [5, 5.41) is 4.50. The molecule has 2 nitrogen and oxygen atoms in total. The first-order valence-electron chi connectivity index (χ1n) is 15.2. The van der Waals surface area contributed by atoms with E-state index >= 15 is 0 Å². The molecule has 2 fully saturated rings. The van der Waals surface area contributed by atoms with Gasteiger partial charge in [-0.1, -0.05) is 197 Å². The van der Waals surface area contributed by atoms with E-state index in [0.29, 0.717) is 0 Å². The lowest BCUT2D eigenvalue weighted by atomic mass is 9.90. The summed E-state index contributed by atoms with van der Waals surface area (Å²) >= 11 is 15.3. The lowest BCUT2D eigenvalue weighted by Gasteiger charge is -2.11. The molecule has 0 saturated heterocycles. The van der Waals surface area contributed by atoms with Gasteiger partial charge in [-0.25, -0.2) is 0 Å². The van der Waals surface area contributed by atoms with Gasteiger partial charge in [0.15, 0.2) is 11.6 Å². The van der Waals surface area contributed by atoms with Gasteiger partial charge in [-0.05, 0) is 43.8 Å². The molecule has 10 rings (SSSR count). The summed E-state index contributed by atoms with van der Waals surface area (Å²) in [5.74, 6) is 0.599. The van der Waals surface area contributed by atoms with Crippen LogP contribution in [0.3, 0.4) is 0 Å². The van der Waals surface area contributed by atoms with Crippen molar-refractivity contribution in [2.45, 2.75) is 29.1 Å². The Morgan fingerprint density at radius 3 is 1.13 bits per heavy atom. The van der Waals surface area contributed by atoms with Gasteiger partial charge in [-0.2, -0.15) is 0 Å². The maximum Gasteiger partial charge on any atom is 0.177 e. The fourth-order valence-electron chi connectivity index (χ4n) is 8.64. The van der Waals surface area contributed by atoms with Crippen LogP contribution >= 0.6 is 63.7 Å². The molecular formula is C40H24Br4O2. The predicted octanol–water partition coefficient (Wildman–Crippen LogP) is 11.1. The first kappa shape index (κ1) is 29.3. The Bertz CT molecular complexity index is 2110. The molecule has 0 unspecified atom stereocenters. The zero-order valence-corrected chi connectivity index (χ0v) is 30.5. The molecule has 4 atom stereocenters. The van der Waals surface area contributed by atoms with Gasteiger partial charge in [0, 0.05) is 23.0 Å². The lowest BCUT2D eigenvalue weighted by Crippen LogP contribution is -2.21. The molecule has 2 saturated carbocycles. The predicted molar refractivity (Wildman–Crippen MR) is 199 cm³/mol. The van der Waals surface area contributed by atoms with Crippen LogP contribution in [0.15, 0.2) is 133 Å². The molecule has 6 heteroatoms. The van der Waals surface area contributed by atoms with Gasteiger partial charge in [0.2, 0.25) is 0 Å². The molecule has 6 aromatic rings. The van der Waals surface area contributed by atoms with Crippen LogP contribution in [0, 0.1) is 0 Å². The second kappa shape index (κ2) is 9.82. The van der Waals surface area contributed by atoms with E-state index in [9.17, 15) is 9.59 Å². The van der Waals surface area contributed by atoms with Crippen LogP contribution in [0.1, 0.15) is 54.8 Å². The topological polar surface area (TPSA) is 34.1 Å². The summed E-state index contributed by atoms with van der Waals surface area (Å²) in [6.07, 6.45) is 0. The number of carbonyl (C=O) groups excluding carboxylic acids is 2. The number of benzene rings is 6. The van der Waals surface area contributed by atoms with Gasteiger partial charge in [0.05, 0.1) is 10.8 Å². The molecule has 2 spiro atoms. The first-order chi connectivity index (χ1) is 22.2. The molecule has 4 aliphatic carbocycles. The molecule has 0 radical (unpaired) electrons. The summed E-state index contributed by atoms with van der Waals surface area (Å²) < 4.78 is -0.864. The second-order valence-electron chi connectivity index (χ2n) is 12.6. The number of halogens is 4. The highest BCUT2D eigenvalue weighted by atomic mass is 79.9. The monoisotopic (exact) mass is 852 g/mol. The van der Waals surface area contributed by atoms with Crippen LogP contribution in [0.2, 0.25) is 0 Å². The second-order valence-corrected chi connectivity index (χ2v) is 19.8. The quantitative estimate of drug-likeness (QED) is 0.163. The van der Waals surface area contributed by atoms with Crippen molar-refractivity contribution in [3.63, 3.8) is 0 Å². The minimum Gasteiger partial charge on any atom is -0.293 e. The van der Waals surface area contributed by atoms with Gasteiger partial charge in [0.25, 0.3) is 0 Å². The molecule has 0 N–H and O–H groups in total. The van der Waals surface area contributed by atoms with Crippen LogP contribution in [0.25, 0.3) is 21.5 Å². The SMILES string of the molecule is O=C1c2cccc3cccc(c23)[C@@]12[C@H](c1ccccc1)C2(Br)Br.O=C1c2cccc3cccc(c23)[C@]12[C@@H](c1ccccc1)C2(Br)Br. The van der Waals surface area contributed by atoms with Crippen molar-refractivity contribution in [2.75, 3.05) is 0 Å². The van der Waals surface area contributed by atoms with Crippen molar-refractivity contribution in [1.82, 2.24) is 0 Å². The number of fused-ring (bicyclic) bond motifs is 2. The third-order valence-corrected chi connectivity index (χ3v) is 14.9. The number of hydrogen-bond donors (Lipinski definition) is 0. The van der Waals surface area contributed by atoms with Crippen LogP contribution in [0.5, 0.6) is 0 Å². The molecule has 6 aromatic carbocycles. The van der Waals surface area contributed by atoms with Crippen molar-refractivity contribution >= 4 is 96.8 Å². The fourth-order valence-corrected chi connectivity index (χ4v) is 13.1. The largest absolute Gasteiger partial charge is 0.293 e. The maximum atomic E-state index is 13.4. The zero-order chi connectivity index (χ0) is 31.6. The lowest BCUT2D eigenvalue weighted by molar-refractivity contribution is 0.0945. The zero-order valence-electron chi connectivity index (χ0n) is 24.2. The van der Waals surface area contributed by atoms with Crippen molar-refractivity contribution < 1.29 is 9.59 Å². The van der Waals surface area contributed by atoms with Gasteiger partial charge in [-0.3, -0.25) is 9.59 Å². The van der Waals surface area contributed by atoms with Crippen molar-refractivity contribution in [2.24, 2.45) is 0 Å². The molecule has 0 aromatic heterocycles. The Morgan fingerprint density at radius 2 is 0.761 bits per heavy atom. The van der Waals surface area contributed by atoms with Crippen molar-refractivity contribution in [3.8, 4) is 0 Å². The average Bonchev–Trinajstić information content (AvgIpc) is 3.71. The van der Waals surface area contributed by atoms with Gasteiger partial charge in [0.1, 0.15) is 6.47 Å². The molecule has 0 bridgehead atoms. The maximum absolute atomic E-state index is 13.4. The number of rotatable bonds is 2. The molecule has 46 heavy (non-hydrogen) atoms. The average molecular weight is 856 g/mol. The molecule has 4 aliphatic rings. The van der Waals surface area contributed by atoms with Crippen LogP contribution < -0.4 is 0 Å². The summed E-state index contributed by atoms with van der Waals surface area (Å²) in [4.78, 5) is 26.8. The minimum absolute atomic E-state index is 0.0849. The molecule has 224 valence electrons. The highest BCUT2D eigenvalue weighted by Crippen LogP contribution is 2.80. The first-order valence-corrected chi connectivity index (χ1v) is 18.4. The van der Waals surface area contributed by atoms with Crippen molar-refractivity contribution in [1.29, 1.82) is 0 Å². The minimum atomic E-state index is -0.558. The Hall–Kier alpha value is -2.90. The van der Waals surface area contributed by atoms with E-state index in [0.717, 1.165) is 43.8 Å². The number of alkyl halides is 4. The van der Waals surface area contributed by atoms with E-state index in [4.69, 9.17) is 0 Å². The summed E-state index contributed by atoms with van der Waals surface area (Å²) in [7, 11) is 0. The van der Waals surface area contributed by atoms with E-state index in [2.05, 4.69) is 137 Å². The Labute approximate surface area is 300 Å². The summed E-state index contributed by atoms with van der Waals surface area (Å²) in [6, 6.07) is 45.1. The van der Waals surface area contributed by atoms with E-state index in [1.54, 1.807) is 0 Å². The summed E-state index contributed by atoms with van der Waals surface area (Å²) in [5.41, 5.74) is 5.21. The molecule has 0 heterocycles. The van der Waals surface area contributed by atoms with E-state index in [1.165, 1.54) is 11.1 Å². The normalized spacial score (nSPS) is 26.9. The number of ketones is 2. The smallest absolute Gasteiger partial charge is 0.177 e. The molecule has 0 amide bonds. The van der Waals surface area contributed by atoms with Crippen LogP contribution in [0.4, 0.5) is 0 Å². The molecule has 0 aliphatic heterocycles. The fraction of sp³-hybridized carbons (Fsp3) is 0.150. The van der Waals surface area contributed by atoms with Gasteiger partial charge in [-0.15, -0.1) is 0 Å². The Kier molecular flexibility index (Phi) is 6.25. The van der Waals surface area contributed by atoms with E-state index < -0.39 is 17.3 Å². The number of carbonyl (C=O) groups is 2. The van der Waals surface area contributed by atoms with E-state index in [1.807, 2.05) is 60.7 Å². The van der Waals surface area contributed by atoms with Crippen LogP contribution in [-0.2, 0) is 10.8 Å². The molecular weight excluding hydrogens is 832 g/mol. The van der Waals surface area contributed by atoms with Crippen molar-refractivity contribution in [3.05, 3.63) is 167 Å². The number of hydrogen-bond acceptors (Lipinski definition) is 2. The number of Topliss-reactive ketones (excluding diaryl/α,β-unsaturated/α-hetero) is 2. The van der Waals surface area contributed by atoms with E-state index in [-0.39, 0.29) is 23.4 Å². The Morgan fingerprint density at radius 1 is 0.413 bits per heavy atom. The standard InChI is InChI=1S/2C20H12Br2O/c2*21-20(22)17(13-6-2-1-3-7-13)19(20)15-11-5-9-12-8-4-10-14(16(12)15)18(19)23/h2*1-11,17H/t2*17-,19+/m10/s1. The Balaban J connectivity index is 0.000000127. The third-order valence-electron chi connectivity index (χ3n) is 10.6.